The molecule has 0 bridgehead atoms. The number of nitrogens with zero attached hydrogens (tertiary/aromatic N) is 1. The number of hydrogen-bond acceptors (Lipinski definition) is 6. The van der Waals surface area contributed by atoms with Crippen LogP contribution in [0.1, 0.15) is 18.7 Å². The van der Waals surface area contributed by atoms with Gasteiger partial charge in [0.25, 0.3) is 10.0 Å². The summed E-state index contributed by atoms with van der Waals surface area (Å²) in [6.07, 6.45) is 2.86. The van der Waals surface area contributed by atoms with E-state index < -0.39 is 16.1 Å². The first-order valence-electron chi connectivity index (χ1n) is 5.52. The van der Waals surface area contributed by atoms with Crippen LogP contribution >= 0.6 is 0 Å². The summed E-state index contributed by atoms with van der Waals surface area (Å²) in [7, 11) is -3.79. The Morgan fingerprint density at radius 1 is 1.37 bits per heavy atom. The molecule has 0 spiro atoms. The van der Waals surface area contributed by atoms with E-state index >= 15 is 0 Å². The number of hydrogen-bond donors (Lipinski definition) is 3. The predicted octanol–water partition coefficient (Wildman–Crippen LogP) is 1.000. The van der Waals surface area contributed by atoms with Crippen molar-refractivity contribution in [1.82, 2.24) is 9.71 Å². The molecular formula is C11H14N4O3S. The van der Waals surface area contributed by atoms with Crippen LogP contribution in [-0.4, -0.2) is 13.4 Å². The highest BCUT2D eigenvalue weighted by atomic mass is 32.2. The maximum absolute atomic E-state index is 12.2. The number of hydrazine groups is 1. The van der Waals surface area contributed by atoms with E-state index in [9.17, 15) is 8.42 Å². The summed E-state index contributed by atoms with van der Waals surface area (Å²) in [5.74, 6) is 5.79. The second kappa shape index (κ2) is 5.39. The molecule has 0 aliphatic rings. The van der Waals surface area contributed by atoms with Gasteiger partial charge in [0.2, 0.25) is 0 Å². The van der Waals surface area contributed by atoms with Crippen LogP contribution < -0.4 is 16.0 Å². The van der Waals surface area contributed by atoms with Crippen molar-refractivity contribution in [2.24, 2.45) is 5.84 Å². The molecule has 0 aromatic carbocycles. The number of nitrogens with one attached hydrogen (secondary N) is 2. The van der Waals surface area contributed by atoms with E-state index in [0.717, 1.165) is 0 Å². The van der Waals surface area contributed by atoms with Crippen LogP contribution in [0.25, 0.3) is 0 Å². The molecule has 4 N–H and O–H groups in total. The van der Waals surface area contributed by atoms with Crippen molar-refractivity contribution in [1.29, 1.82) is 0 Å². The average Bonchev–Trinajstić information content (AvgIpc) is 2.92. The Hall–Kier alpha value is -1.90. The van der Waals surface area contributed by atoms with Gasteiger partial charge in [-0.05, 0) is 31.2 Å². The zero-order chi connectivity index (χ0) is 13.9. The van der Waals surface area contributed by atoms with Crippen LogP contribution in [0.5, 0.6) is 0 Å². The number of furan rings is 1. The molecule has 0 aliphatic heterocycles. The lowest BCUT2D eigenvalue weighted by Crippen LogP contribution is -2.28. The van der Waals surface area contributed by atoms with E-state index in [0.29, 0.717) is 5.76 Å². The molecule has 1 unspecified atom stereocenters. The molecule has 1 atom stereocenters. The highest BCUT2D eigenvalue weighted by molar-refractivity contribution is 7.89. The van der Waals surface area contributed by atoms with E-state index in [1.807, 2.05) is 0 Å². The molecule has 0 saturated heterocycles. The summed E-state index contributed by atoms with van der Waals surface area (Å²) < 4.78 is 32.0. The van der Waals surface area contributed by atoms with E-state index in [1.54, 1.807) is 25.1 Å². The number of nitrogen functional groups attached to an aromatic ring is 1. The van der Waals surface area contributed by atoms with E-state index in [4.69, 9.17) is 10.3 Å². The Labute approximate surface area is 110 Å². The Bertz CT molecular complexity index is 640. The molecular weight excluding hydrogens is 268 g/mol. The molecule has 0 fully saturated rings. The Morgan fingerprint density at radius 2 is 2.16 bits per heavy atom. The highest BCUT2D eigenvalue weighted by Crippen LogP contribution is 2.20. The maximum Gasteiger partial charge on any atom is 0.260 e. The molecule has 2 aromatic heterocycles. The largest absolute Gasteiger partial charge is 0.468 e. The van der Waals surface area contributed by atoms with Gasteiger partial charge in [0.05, 0.1) is 18.0 Å². The lowest BCUT2D eigenvalue weighted by Gasteiger charge is -2.13. The van der Waals surface area contributed by atoms with Gasteiger partial charge in [-0.2, -0.15) is 4.72 Å². The van der Waals surface area contributed by atoms with E-state index in [-0.39, 0.29) is 10.7 Å². The quantitative estimate of drug-likeness (QED) is 0.557. The van der Waals surface area contributed by atoms with Gasteiger partial charge in [-0.25, -0.2) is 13.4 Å². The van der Waals surface area contributed by atoms with Crippen molar-refractivity contribution in [3.05, 3.63) is 42.5 Å². The smallest absolute Gasteiger partial charge is 0.260 e. The molecule has 2 aromatic rings. The number of nitrogens with two attached hydrogens (primary N) is 1. The Morgan fingerprint density at radius 3 is 2.79 bits per heavy atom. The molecule has 0 saturated carbocycles. The van der Waals surface area contributed by atoms with Gasteiger partial charge >= 0.3 is 0 Å². The van der Waals surface area contributed by atoms with Gasteiger partial charge < -0.3 is 9.84 Å². The van der Waals surface area contributed by atoms with Crippen LogP contribution in [0.3, 0.4) is 0 Å². The summed E-state index contributed by atoms with van der Waals surface area (Å²) in [6.45, 7) is 1.68. The number of aromatic nitrogens is 1. The van der Waals surface area contributed by atoms with Crippen LogP contribution in [-0.2, 0) is 10.0 Å². The Balaban J connectivity index is 2.28. The average molecular weight is 282 g/mol. The van der Waals surface area contributed by atoms with Crippen molar-refractivity contribution in [3.8, 4) is 0 Å². The first kappa shape index (κ1) is 13.5. The minimum Gasteiger partial charge on any atom is -0.468 e. The summed E-state index contributed by atoms with van der Waals surface area (Å²) in [4.78, 5) is 3.83. The fraction of sp³-hybridized carbons (Fsp3) is 0.182. The predicted molar refractivity (Wildman–Crippen MR) is 69.5 cm³/mol. The topological polar surface area (TPSA) is 110 Å². The summed E-state index contributed by atoms with van der Waals surface area (Å²) in [5.41, 5.74) is 2.53. The third kappa shape index (κ3) is 2.92. The minimum atomic E-state index is -3.79. The second-order valence-corrected chi connectivity index (χ2v) is 5.49. The first-order chi connectivity index (χ1) is 9.04. The lowest BCUT2D eigenvalue weighted by molar-refractivity contribution is 0.459. The van der Waals surface area contributed by atoms with Gasteiger partial charge in [0, 0.05) is 6.20 Å². The molecule has 19 heavy (non-hydrogen) atoms. The fourth-order valence-electron chi connectivity index (χ4n) is 1.60. The van der Waals surface area contributed by atoms with E-state index in [2.05, 4.69) is 15.1 Å². The van der Waals surface area contributed by atoms with E-state index in [1.165, 1.54) is 18.5 Å². The maximum atomic E-state index is 12.2. The van der Waals surface area contributed by atoms with Crippen molar-refractivity contribution < 1.29 is 12.8 Å². The van der Waals surface area contributed by atoms with Gasteiger partial charge in [-0.1, -0.05) is 0 Å². The van der Waals surface area contributed by atoms with Gasteiger partial charge in [0.1, 0.15) is 5.76 Å². The fourth-order valence-corrected chi connectivity index (χ4v) is 2.91. The van der Waals surface area contributed by atoms with Crippen LogP contribution in [0.15, 0.2) is 46.2 Å². The van der Waals surface area contributed by atoms with Gasteiger partial charge in [-0.15, -0.1) is 0 Å². The monoisotopic (exact) mass is 282 g/mol. The normalized spacial score (nSPS) is 13.2. The molecule has 2 heterocycles. The molecule has 0 radical (unpaired) electrons. The van der Waals surface area contributed by atoms with Crippen molar-refractivity contribution in [2.45, 2.75) is 18.0 Å². The number of pyridine rings is 1. The lowest BCUT2D eigenvalue weighted by atomic mass is 10.3. The molecule has 8 heteroatoms. The molecule has 0 aliphatic carbocycles. The third-order valence-corrected chi connectivity index (χ3v) is 3.98. The SMILES string of the molecule is CC(NS(=O)(=O)c1ncccc1NN)c1ccco1. The number of anilines is 1. The van der Waals surface area contributed by atoms with Gasteiger partial charge in [0.15, 0.2) is 5.03 Å². The highest BCUT2D eigenvalue weighted by Gasteiger charge is 2.23. The van der Waals surface area contributed by atoms with Crippen molar-refractivity contribution in [2.75, 3.05) is 5.43 Å². The summed E-state index contributed by atoms with van der Waals surface area (Å²) >= 11 is 0. The Kier molecular flexibility index (Phi) is 3.84. The molecule has 2 rings (SSSR count). The van der Waals surface area contributed by atoms with Crippen molar-refractivity contribution in [3.63, 3.8) is 0 Å². The molecule has 7 nitrogen and oxygen atoms in total. The molecule has 102 valence electrons. The number of sulfonamides is 1. The second-order valence-electron chi connectivity index (χ2n) is 3.86. The zero-order valence-electron chi connectivity index (χ0n) is 10.2. The van der Waals surface area contributed by atoms with Gasteiger partial charge in [-0.3, -0.25) is 5.84 Å². The zero-order valence-corrected chi connectivity index (χ0v) is 11.0. The van der Waals surface area contributed by atoms with Crippen LogP contribution in [0.2, 0.25) is 0 Å². The minimum absolute atomic E-state index is 0.157. The first-order valence-corrected chi connectivity index (χ1v) is 7.00. The van der Waals surface area contributed by atoms with Crippen molar-refractivity contribution >= 4 is 15.7 Å². The van der Waals surface area contributed by atoms with Crippen LogP contribution in [0.4, 0.5) is 5.69 Å². The third-order valence-electron chi connectivity index (χ3n) is 2.48. The van der Waals surface area contributed by atoms with Crippen LogP contribution in [0, 0.1) is 0 Å². The number of rotatable bonds is 5. The summed E-state index contributed by atoms with van der Waals surface area (Å²) in [5, 5.41) is -0.157. The summed E-state index contributed by atoms with van der Waals surface area (Å²) in [6, 6.07) is 5.98. The molecule has 0 amide bonds. The standard InChI is InChI=1S/C11H14N4O3S/c1-8(10-5-3-7-18-10)15-19(16,17)11-9(14-12)4-2-6-13-11/h2-8,14-15H,12H2,1H3.